The van der Waals surface area contributed by atoms with Gasteiger partial charge in [0.1, 0.15) is 0 Å². The summed E-state index contributed by atoms with van der Waals surface area (Å²) in [4.78, 5) is 0. The standard InChI is InChI=1S/C32H22BN/c1-19-9-3-4-10-21(19)27-18-28-24-13-7-12-23-26-15-8-14-25-22-11-5-6-16-30(22)34(32(25)26)33(31(23)24)29(28)17-20(27)2/h3-18H,1-2H3. The average molecular weight is 431 g/mol. The maximum absolute atomic E-state index is 2.62. The van der Waals surface area contributed by atoms with E-state index in [1.165, 1.54) is 77.2 Å². The molecule has 6 aromatic rings. The fourth-order valence-corrected chi connectivity index (χ4v) is 6.65. The summed E-state index contributed by atoms with van der Waals surface area (Å²) in [5.41, 5.74) is 16.4. The molecule has 0 unspecified atom stereocenters. The van der Waals surface area contributed by atoms with Gasteiger partial charge in [-0.3, -0.25) is 0 Å². The Morgan fingerprint density at radius 2 is 1.21 bits per heavy atom. The number of para-hydroxylation sites is 2. The summed E-state index contributed by atoms with van der Waals surface area (Å²) in [7, 11) is 0. The lowest BCUT2D eigenvalue weighted by Gasteiger charge is -2.25. The molecule has 2 heteroatoms. The van der Waals surface area contributed by atoms with Crippen LogP contribution in [0.2, 0.25) is 0 Å². The van der Waals surface area contributed by atoms with Gasteiger partial charge in [-0.05, 0) is 75.8 Å². The minimum atomic E-state index is 0.211. The van der Waals surface area contributed by atoms with Crippen LogP contribution in [0.4, 0.5) is 0 Å². The number of benzene rings is 5. The van der Waals surface area contributed by atoms with Crippen LogP contribution in [0.25, 0.3) is 55.2 Å². The van der Waals surface area contributed by atoms with Crippen molar-refractivity contribution in [3.8, 4) is 33.4 Å². The summed E-state index contributed by atoms with van der Waals surface area (Å²) in [6.07, 6.45) is 0. The minimum Gasteiger partial charge on any atom is -0.375 e. The zero-order chi connectivity index (χ0) is 22.6. The van der Waals surface area contributed by atoms with Gasteiger partial charge < -0.3 is 4.48 Å². The van der Waals surface area contributed by atoms with Crippen LogP contribution in [0, 0.1) is 13.8 Å². The van der Waals surface area contributed by atoms with Gasteiger partial charge in [-0.1, -0.05) is 84.9 Å². The molecule has 2 aliphatic rings. The maximum atomic E-state index is 2.62. The number of nitrogens with zero attached hydrogens (tertiary/aromatic N) is 1. The summed E-state index contributed by atoms with van der Waals surface area (Å²) < 4.78 is 2.62. The Bertz CT molecular complexity index is 1840. The Morgan fingerprint density at radius 1 is 0.529 bits per heavy atom. The first-order chi connectivity index (χ1) is 16.7. The summed E-state index contributed by atoms with van der Waals surface area (Å²) >= 11 is 0. The molecule has 0 N–H and O–H groups in total. The lowest BCUT2D eigenvalue weighted by Crippen LogP contribution is -2.47. The highest BCUT2D eigenvalue weighted by Gasteiger charge is 2.41. The normalized spacial score (nSPS) is 12.9. The molecule has 2 aliphatic heterocycles. The fourth-order valence-electron chi connectivity index (χ4n) is 6.65. The lowest BCUT2D eigenvalue weighted by molar-refractivity contribution is 1.33. The van der Waals surface area contributed by atoms with E-state index in [1.807, 2.05) is 0 Å². The van der Waals surface area contributed by atoms with Gasteiger partial charge in [0.05, 0.1) is 0 Å². The van der Waals surface area contributed by atoms with E-state index in [4.69, 9.17) is 0 Å². The van der Waals surface area contributed by atoms with Crippen molar-refractivity contribution < 1.29 is 0 Å². The van der Waals surface area contributed by atoms with Gasteiger partial charge >= 0.3 is 6.85 Å². The van der Waals surface area contributed by atoms with Crippen molar-refractivity contribution >= 4 is 39.6 Å². The van der Waals surface area contributed by atoms with Crippen molar-refractivity contribution in [2.45, 2.75) is 13.8 Å². The Morgan fingerprint density at radius 3 is 2.09 bits per heavy atom. The molecule has 0 aliphatic carbocycles. The van der Waals surface area contributed by atoms with Gasteiger partial charge in [0, 0.05) is 27.4 Å². The van der Waals surface area contributed by atoms with Crippen LogP contribution < -0.4 is 10.9 Å². The topological polar surface area (TPSA) is 4.93 Å². The highest BCUT2D eigenvalue weighted by atomic mass is 14.9. The van der Waals surface area contributed by atoms with Crippen LogP contribution >= 0.6 is 0 Å². The Kier molecular flexibility index (Phi) is 3.41. The second kappa shape index (κ2) is 6.30. The fraction of sp³-hybridized carbons (Fsp3) is 0.0625. The molecule has 3 heterocycles. The van der Waals surface area contributed by atoms with Crippen molar-refractivity contribution in [1.29, 1.82) is 0 Å². The quantitative estimate of drug-likeness (QED) is 0.255. The average Bonchev–Trinajstić information content (AvgIpc) is 3.36. The van der Waals surface area contributed by atoms with E-state index in [9.17, 15) is 0 Å². The Balaban J connectivity index is 1.52. The Hall–Kier alpha value is -4.04. The molecular weight excluding hydrogens is 409 g/mol. The summed E-state index contributed by atoms with van der Waals surface area (Å²) in [5, 5.41) is 2.70. The molecule has 34 heavy (non-hydrogen) atoms. The van der Waals surface area contributed by atoms with Crippen molar-refractivity contribution in [2.24, 2.45) is 0 Å². The summed E-state index contributed by atoms with van der Waals surface area (Å²) in [5.74, 6) is 0. The van der Waals surface area contributed by atoms with Gasteiger partial charge in [-0.2, -0.15) is 0 Å². The lowest BCUT2D eigenvalue weighted by atomic mass is 9.50. The SMILES string of the molecule is Cc1ccccc1-c1cc2c(cc1C)B1c3c-2cccc3-c2cccc3c4ccccc4n1c23. The molecule has 0 fully saturated rings. The third-order valence-corrected chi connectivity index (χ3v) is 8.08. The van der Waals surface area contributed by atoms with Gasteiger partial charge in [-0.25, -0.2) is 0 Å². The van der Waals surface area contributed by atoms with Crippen LogP contribution in [0.15, 0.2) is 97.1 Å². The largest absolute Gasteiger partial charge is 0.375 e. The zero-order valence-corrected chi connectivity index (χ0v) is 19.3. The zero-order valence-electron chi connectivity index (χ0n) is 19.3. The predicted octanol–water partition coefficient (Wildman–Crippen LogP) is 6.69. The Labute approximate surface area is 199 Å². The van der Waals surface area contributed by atoms with Crippen molar-refractivity contribution in [2.75, 3.05) is 0 Å². The highest BCUT2D eigenvalue weighted by molar-refractivity contribution is 6.91. The van der Waals surface area contributed by atoms with E-state index in [1.54, 1.807) is 0 Å². The van der Waals surface area contributed by atoms with E-state index in [0.29, 0.717) is 0 Å². The number of rotatable bonds is 1. The highest BCUT2D eigenvalue weighted by Crippen LogP contribution is 2.43. The van der Waals surface area contributed by atoms with Gasteiger partial charge in [0.25, 0.3) is 0 Å². The van der Waals surface area contributed by atoms with Crippen LogP contribution in [-0.4, -0.2) is 11.3 Å². The summed E-state index contributed by atoms with van der Waals surface area (Å²) in [6, 6.07) is 36.3. The third-order valence-electron chi connectivity index (χ3n) is 8.08. The van der Waals surface area contributed by atoms with Crippen molar-refractivity contribution in [1.82, 2.24) is 4.48 Å². The van der Waals surface area contributed by atoms with Crippen LogP contribution in [-0.2, 0) is 0 Å². The molecule has 0 radical (unpaired) electrons. The van der Waals surface area contributed by atoms with E-state index in [0.717, 1.165) is 0 Å². The number of aromatic nitrogens is 1. The maximum Gasteiger partial charge on any atom is 0.330 e. The van der Waals surface area contributed by atoms with Gasteiger partial charge in [-0.15, -0.1) is 0 Å². The second-order valence-electron chi connectivity index (χ2n) is 9.83. The number of aryl methyl sites for hydroxylation is 2. The van der Waals surface area contributed by atoms with Crippen LogP contribution in [0.3, 0.4) is 0 Å². The first-order valence-corrected chi connectivity index (χ1v) is 12.1. The minimum absolute atomic E-state index is 0.211. The third kappa shape index (κ3) is 2.12. The molecule has 0 amide bonds. The molecule has 5 aromatic carbocycles. The molecule has 0 bridgehead atoms. The molecule has 0 saturated carbocycles. The molecule has 8 rings (SSSR count). The molecule has 1 aromatic heterocycles. The van der Waals surface area contributed by atoms with E-state index < -0.39 is 0 Å². The second-order valence-corrected chi connectivity index (χ2v) is 9.83. The first kappa shape index (κ1) is 18.4. The van der Waals surface area contributed by atoms with E-state index >= 15 is 0 Å². The number of hydrogen-bond acceptors (Lipinski definition) is 0. The number of fused-ring (bicyclic) bond motifs is 8. The van der Waals surface area contributed by atoms with Crippen LogP contribution in [0.1, 0.15) is 11.1 Å². The molecule has 0 spiro atoms. The molecule has 158 valence electrons. The smallest absolute Gasteiger partial charge is 0.330 e. The first-order valence-electron chi connectivity index (χ1n) is 12.1. The molecule has 0 saturated heterocycles. The van der Waals surface area contributed by atoms with Crippen molar-refractivity contribution in [3.05, 3.63) is 108 Å². The monoisotopic (exact) mass is 431 g/mol. The predicted molar refractivity (Wildman–Crippen MR) is 146 cm³/mol. The van der Waals surface area contributed by atoms with Gasteiger partial charge in [0.2, 0.25) is 0 Å². The molecule has 0 atom stereocenters. The number of hydrogen-bond donors (Lipinski definition) is 0. The van der Waals surface area contributed by atoms with Crippen LogP contribution in [0.5, 0.6) is 0 Å². The van der Waals surface area contributed by atoms with E-state index in [2.05, 4.69) is 115 Å². The van der Waals surface area contributed by atoms with Crippen molar-refractivity contribution in [3.63, 3.8) is 0 Å². The molecular formula is C32H22BN. The van der Waals surface area contributed by atoms with Gasteiger partial charge in [0.15, 0.2) is 0 Å². The van der Waals surface area contributed by atoms with E-state index in [-0.39, 0.29) is 6.85 Å². The molecule has 1 nitrogen and oxygen atoms in total. The summed E-state index contributed by atoms with van der Waals surface area (Å²) in [6.45, 7) is 4.69.